The van der Waals surface area contributed by atoms with Gasteiger partial charge < -0.3 is 9.47 Å². The van der Waals surface area contributed by atoms with Crippen molar-refractivity contribution < 1.29 is 27.5 Å². The zero-order chi connectivity index (χ0) is 19.4. The Balaban J connectivity index is 1.59. The first kappa shape index (κ1) is 18.7. The summed E-state index contributed by atoms with van der Waals surface area (Å²) in [4.78, 5) is 24.3. The molecule has 0 aliphatic carbocycles. The lowest BCUT2D eigenvalue weighted by Gasteiger charge is -2.16. The van der Waals surface area contributed by atoms with Crippen LogP contribution in [0.3, 0.4) is 0 Å². The summed E-state index contributed by atoms with van der Waals surface area (Å²) in [5.41, 5.74) is 1.75. The minimum absolute atomic E-state index is 0.0793. The van der Waals surface area contributed by atoms with Crippen molar-refractivity contribution in [2.75, 3.05) is 24.2 Å². The Labute approximate surface area is 156 Å². The molecule has 0 atom stereocenters. The van der Waals surface area contributed by atoms with E-state index in [1.807, 2.05) is 18.2 Å². The SMILES string of the molecule is CS(=O)(=O)Nc1ccc(C(=O)COC(=O)C2=Cc3ccccc3OC2)cc1. The number of para-hydroxylation sites is 1. The Morgan fingerprint density at radius 1 is 1.11 bits per heavy atom. The monoisotopic (exact) mass is 387 g/mol. The van der Waals surface area contributed by atoms with Crippen LogP contribution in [-0.2, 0) is 19.6 Å². The molecule has 0 saturated heterocycles. The first-order valence-corrected chi connectivity index (χ1v) is 9.91. The van der Waals surface area contributed by atoms with E-state index in [9.17, 15) is 18.0 Å². The summed E-state index contributed by atoms with van der Waals surface area (Å²) in [7, 11) is -3.39. The number of hydrogen-bond donors (Lipinski definition) is 1. The van der Waals surface area contributed by atoms with E-state index in [-0.39, 0.29) is 6.61 Å². The molecule has 1 heterocycles. The Bertz CT molecular complexity index is 1010. The van der Waals surface area contributed by atoms with Gasteiger partial charge in [-0.3, -0.25) is 9.52 Å². The molecule has 0 radical (unpaired) electrons. The van der Waals surface area contributed by atoms with E-state index in [0.717, 1.165) is 11.8 Å². The van der Waals surface area contributed by atoms with Crippen LogP contribution in [-0.4, -0.2) is 39.6 Å². The molecular formula is C19H17NO6S. The number of carbonyl (C=O) groups is 2. The number of sulfonamides is 1. The molecule has 2 aromatic rings. The van der Waals surface area contributed by atoms with Crippen molar-refractivity contribution in [1.82, 2.24) is 0 Å². The van der Waals surface area contributed by atoms with Crippen LogP contribution in [0.15, 0.2) is 54.1 Å². The lowest BCUT2D eigenvalue weighted by molar-refractivity contribution is -0.138. The maximum absolute atomic E-state index is 12.2. The van der Waals surface area contributed by atoms with E-state index < -0.39 is 28.4 Å². The molecule has 140 valence electrons. The molecule has 1 aliphatic heterocycles. The van der Waals surface area contributed by atoms with E-state index in [1.165, 1.54) is 24.3 Å². The van der Waals surface area contributed by atoms with Crippen LogP contribution < -0.4 is 9.46 Å². The average molecular weight is 387 g/mol. The van der Waals surface area contributed by atoms with Crippen molar-refractivity contribution in [3.8, 4) is 5.75 Å². The third kappa shape index (κ3) is 4.95. The van der Waals surface area contributed by atoms with Gasteiger partial charge in [0.2, 0.25) is 10.0 Å². The van der Waals surface area contributed by atoms with E-state index >= 15 is 0 Å². The van der Waals surface area contributed by atoms with E-state index in [4.69, 9.17) is 9.47 Å². The molecule has 0 saturated carbocycles. The number of hydrogen-bond acceptors (Lipinski definition) is 6. The van der Waals surface area contributed by atoms with Gasteiger partial charge >= 0.3 is 5.97 Å². The second kappa shape index (κ2) is 7.63. The Kier molecular flexibility index (Phi) is 5.27. The smallest absolute Gasteiger partial charge is 0.337 e. The molecule has 8 heteroatoms. The molecule has 0 spiro atoms. The van der Waals surface area contributed by atoms with Crippen LogP contribution in [0.5, 0.6) is 5.75 Å². The molecule has 1 aliphatic rings. The van der Waals surface area contributed by atoms with Gasteiger partial charge in [-0.15, -0.1) is 0 Å². The fourth-order valence-corrected chi connectivity index (χ4v) is 3.04. The van der Waals surface area contributed by atoms with Crippen molar-refractivity contribution in [3.05, 3.63) is 65.2 Å². The molecule has 7 nitrogen and oxygen atoms in total. The van der Waals surface area contributed by atoms with Gasteiger partial charge in [-0.25, -0.2) is 13.2 Å². The van der Waals surface area contributed by atoms with Crippen molar-refractivity contribution in [1.29, 1.82) is 0 Å². The van der Waals surface area contributed by atoms with Gasteiger partial charge in [0.1, 0.15) is 12.4 Å². The number of benzene rings is 2. The summed E-state index contributed by atoms with van der Waals surface area (Å²) >= 11 is 0. The normalized spacial score (nSPS) is 13.0. The summed E-state index contributed by atoms with van der Waals surface area (Å²) in [6.07, 6.45) is 2.71. The number of ether oxygens (including phenoxy) is 2. The third-order valence-corrected chi connectivity index (χ3v) is 4.35. The number of ketones is 1. The fourth-order valence-electron chi connectivity index (χ4n) is 2.48. The Morgan fingerprint density at radius 2 is 1.81 bits per heavy atom. The Hall–Kier alpha value is -3.13. The highest BCUT2D eigenvalue weighted by Gasteiger charge is 2.19. The fraction of sp³-hybridized carbons (Fsp3) is 0.158. The number of esters is 1. The summed E-state index contributed by atoms with van der Waals surface area (Å²) in [6.45, 7) is -0.341. The maximum Gasteiger partial charge on any atom is 0.337 e. The quantitative estimate of drug-likeness (QED) is 0.603. The van der Waals surface area contributed by atoms with E-state index in [1.54, 1.807) is 12.1 Å². The lowest BCUT2D eigenvalue weighted by Crippen LogP contribution is -2.20. The molecular weight excluding hydrogens is 370 g/mol. The van der Waals surface area contributed by atoms with Crippen molar-refractivity contribution in [3.63, 3.8) is 0 Å². The van der Waals surface area contributed by atoms with E-state index in [0.29, 0.717) is 22.6 Å². The number of anilines is 1. The number of carbonyl (C=O) groups excluding carboxylic acids is 2. The number of rotatable bonds is 6. The van der Waals surface area contributed by atoms with Gasteiger partial charge in [0, 0.05) is 16.8 Å². The highest BCUT2D eigenvalue weighted by Crippen LogP contribution is 2.26. The van der Waals surface area contributed by atoms with Gasteiger partial charge in [-0.2, -0.15) is 0 Å². The Morgan fingerprint density at radius 3 is 2.52 bits per heavy atom. The molecule has 0 bridgehead atoms. The first-order valence-electron chi connectivity index (χ1n) is 8.02. The van der Waals surface area contributed by atoms with Crippen LogP contribution in [0.25, 0.3) is 6.08 Å². The molecule has 0 fully saturated rings. The second-order valence-corrected chi connectivity index (χ2v) is 7.70. The van der Waals surface area contributed by atoms with Crippen LogP contribution in [0.2, 0.25) is 0 Å². The zero-order valence-electron chi connectivity index (χ0n) is 14.5. The van der Waals surface area contributed by atoms with Crippen LogP contribution >= 0.6 is 0 Å². The molecule has 0 aromatic heterocycles. The molecule has 0 amide bonds. The van der Waals surface area contributed by atoms with Crippen molar-refractivity contribution in [2.24, 2.45) is 0 Å². The highest BCUT2D eigenvalue weighted by molar-refractivity contribution is 7.92. The number of fused-ring (bicyclic) bond motifs is 1. The second-order valence-electron chi connectivity index (χ2n) is 5.95. The topological polar surface area (TPSA) is 98.8 Å². The molecule has 27 heavy (non-hydrogen) atoms. The van der Waals surface area contributed by atoms with Crippen molar-refractivity contribution in [2.45, 2.75) is 0 Å². The summed E-state index contributed by atoms with van der Waals surface area (Å²) in [6, 6.07) is 13.1. The number of Topliss-reactive ketones (excluding diaryl/α,β-unsaturated/α-hetero) is 1. The molecule has 1 N–H and O–H groups in total. The van der Waals surface area contributed by atoms with Gasteiger partial charge in [-0.05, 0) is 36.4 Å². The van der Waals surface area contributed by atoms with E-state index in [2.05, 4.69) is 4.72 Å². The summed E-state index contributed by atoms with van der Waals surface area (Å²) in [5, 5.41) is 0. The van der Waals surface area contributed by atoms with Gasteiger partial charge in [-0.1, -0.05) is 18.2 Å². The standard InChI is InChI=1S/C19H17NO6S/c1-27(23,24)20-16-8-6-13(7-9-16)17(21)12-26-19(22)15-10-14-4-2-3-5-18(14)25-11-15/h2-10,20H,11-12H2,1H3. The highest BCUT2D eigenvalue weighted by atomic mass is 32.2. The zero-order valence-corrected chi connectivity index (χ0v) is 15.3. The molecule has 2 aromatic carbocycles. The summed E-state index contributed by atoms with van der Waals surface area (Å²) < 4.78 is 35.2. The first-order chi connectivity index (χ1) is 12.8. The van der Waals surface area contributed by atoms with Crippen LogP contribution in [0, 0.1) is 0 Å². The average Bonchev–Trinajstić information content (AvgIpc) is 2.64. The predicted molar refractivity (Wildman–Crippen MR) is 100 cm³/mol. The van der Waals surface area contributed by atoms with Crippen LogP contribution in [0.4, 0.5) is 5.69 Å². The minimum atomic E-state index is -3.39. The largest absolute Gasteiger partial charge is 0.488 e. The van der Waals surface area contributed by atoms with Crippen molar-refractivity contribution >= 4 is 33.5 Å². The van der Waals surface area contributed by atoms with Gasteiger partial charge in [0.05, 0.1) is 11.8 Å². The minimum Gasteiger partial charge on any atom is -0.488 e. The molecule has 0 unspecified atom stereocenters. The van der Waals surface area contributed by atoms with Gasteiger partial charge in [0.15, 0.2) is 12.4 Å². The maximum atomic E-state index is 12.2. The predicted octanol–water partition coefficient (Wildman–Crippen LogP) is 2.26. The molecule has 3 rings (SSSR count). The van der Waals surface area contributed by atoms with Crippen LogP contribution in [0.1, 0.15) is 15.9 Å². The van der Waals surface area contributed by atoms with Gasteiger partial charge in [0.25, 0.3) is 0 Å². The lowest BCUT2D eigenvalue weighted by atomic mass is 10.1. The summed E-state index contributed by atoms with van der Waals surface area (Å²) in [5.74, 6) is -0.326. The third-order valence-electron chi connectivity index (χ3n) is 3.74. The number of nitrogens with one attached hydrogen (secondary N) is 1.